The van der Waals surface area contributed by atoms with Crippen LogP contribution >= 0.6 is 0 Å². The molecule has 0 aromatic heterocycles. The van der Waals surface area contributed by atoms with Crippen LogP contribution in [0.4, 0.5) is 0 Å². The van der Waals surface area contributed by atoms with Crippen LogP contribution in [0.15, 0.2) is 0 Å². The minimum Gasteiger partial charge on any atom is -0.314 e. The summed E-state index contributed by atoms with van der Waals surface area (Å²) in [7, 11) is 0. The molecule has 0 bridgehead atoms. The average Bonchev–Trinajstić information content (AvgIpc) is 2.96. The molecule has 1 saturated heterocycles. The summed E-state index contributed by atoms with van der Waals surface area (Å²) in [6, 6.07) is 2.45. The van der Waals surface area contributed by atoms with E-state index in [1.54, 1.807) is 0 Å². The van der Waals surface area contributed by atoms with Gasteiger partial charge in [0.25, 0.3) is 0 Å². The molecule has 2 N–H and O–H groups in total. The Hall–Kier alpha value is -0.0800. The van der Waals surface area contributed by atoms with E-state index in [-0.39, 0.29) is 0 Å². The maximum Gasteiger partial charge on any atom is 0.0113 e. The second-order valence-corrected chi connectivity index (χ2v) is 7.47. The number of hydrogen-bond acceptors (Lipinski definition) is 2. The first-order valence-electron chi connectivity index (χ1n) is 9.43. The van der Waals surface area contributed by atoms with Gasteiger partial charge < -0.3 is 10.6 Å². The van der Waals surface area contributed by atoms with Crippen molar-refractivity contribution in [1.29, 1.82) is 0 Å². The van der Waals surface area contributed by atoms with Crippen molar-refractivity contribution in [3.63, 3.8) is 0 Å². The molecule has 2 nitrogen and oxygen atoms in total. The highest BCUT2D eigenvalue weighted by molar-refractivity contribution is 4.92. The van der Waals surface area contributed by atoms with Crippen molar-refractivity contribution in [3.05, 3.63) is 0 Å². The first kappa shape index (κ1) is 14.8. The molecule has 3 atom stereocenters. The zero-order chi connectivity index (χ0) is 13.6. The molecular formula is C18H34N2. The molecule has 1 heterocycles. The molecular weight excluding hydrogens is 244 g/mol. The molecule has 3 fully saturated rings. The largest absolute Gasteiger partial charge is 0.314 e. The van der Waals surface area contributed by atoms with E-state index in [1.807, 2.05) is 0 Å². The van der Waals surface area contributed by atoms with E-state index in [0.29, 0.717) is 0 Å². The standard InChI is InChI=1S/C18H34N2/c1-2-4-9-15(10-5-3-1)20-18-12-7-6-11-16(18)17-13-8-14-19-17/h15-20H,1-14H2. The fourth-order valence-corrected chi connectivity index (χ4v) is 4.85. The Labute approximate surface area is 125 Å². The highest BCUT2D eigenvalue weighted by atomic mass is 15.0. The van der Waals surface area contributed by atoms with Gasteiger partial charge >= 0.3 is 0 Å². The van der Waals surface area contributed by atoms with Crippen molar-refractivity contribution in [3.8, 4) is 0 Å². The molecule has 1 aliphatic heterocycles. The van der Waals surface area contributed by atoms with E-state index in [2.05, 4.69) is 10.6 Å². The van der Waals surface area contributed by atoms with Crippen molar-refractivity contribution >= 4 is 0 Å². The van der Waals surface area contributed by atoms with Crippen LogP contribution in [0.1, 0.15) is 83.5 Å². The summed E-state index contributed by atoms with van der Waals surface area (Å²) >= 11 is 0. The highest BCUT2D eigenvalue weighted by Crippen LogP contribution is 2.31. The minimum absolute atomic E-state index is 0.809. The molecule has 0 spiro atoms. The Kier molecular flexibility index (Phi) is 5.78. The average molecular weight is 278 g/mol. The fourth-order valence-electron chi connectivity index (χ4n) is 4.85. The molecule has 3 aliphatic rings. The molecule has 0 aromatic rings. The monoisotopic (exact) mass is 278 g/mol. The third-order valence-corrected chi connectivity index (χ3v) is 5.99. The van der Waals surface area contributed by atoms with Gasteiger partial charge in [0.2, 0.25) is 0 Å². The molecule has 3 rings (SSSR count). The topological polar surface area (TPSA) is 24.1 Å². The van der Waals surface area contributed by atoms with Crippen molar-refractivity contribution in [2.75, 3.05) is 6.54 Å². The predicted molar refractivity (Wildman–Crippen MR) is 86.0 cm³/mol. The molecule has 0 radical (unpaired) electrons. The van der Waals surface area contributed by atoms with Crippen LogP contribution in [-0.2, 0) is 0 Å². The van der Waals surface area contributed by atoms with E-state index in [9.17, 15) is 0 Å². The highest BCUT2D eigenvalue weighted by Gasteiger charge is 2.34. The van der Waals surface area contributed by atoms with Crippen molar-refractivity contribution in [2.45, 2.75) is 102 Å². The summed E-state index contributed by atoms with van der Waals surface area (Å²) in [4.78, 5) is 0. The second kappa shape index (κ2) is 7.79. The Bertz CT molecular complexity index is 265. The second-order valence-electron chi connectivity index (χ2n) is 7.47. The van der Waals surface area contributed by atoms with Gasteiger partial charge in [0, 0.05) is 18.1 Å². The molecule has 2 heteroatoms. The number of rotatable bonds is 3. The van der Waals surface area contributed by atoms with Crippen LogP contribution in [0.25, 0.3) is 0 Å². The number of nitrogens with one attached hydrogen (secondary N) is 2. The normalized spacial score (nSPS) is 37.5. The van der Waals surface area contributed by atoms with Crippen LogP contribution in [0.3, 0.4) is 0 Å². The third-order valence-electron chi connectivity index (χ3n) is 5.99. The zero-order valence-electron chi connectivity index (χ0n) is 13.2. The summed E-state index contributed by atoms with van der Waals surface area (Å²) in [6.45, 7) is 1.26. The summed E-state index contributed by atoms with van der Waals surface area (Å²) in [5.41, 5.74) is 0. The van der Waals surface area contributed by atoms with E-state index >= 15 is 0 Å². The van der Waals surface area contributed by atoms with Crippen LogP contribution in [0.5, 0.6) is 0 Å². The molecule has 2 saturated carbocycles. The number of hydrogen-bond donors (Lipinski definition) is 2. The Morgan fingerprint density at radius 2 is 1.35 bits per heavy atom. The Morgan fingerprint density at radius 3 is 2.10 bits per heavy atom. The smallest absolute Gasteiger partial charge is 0.0113 e. The van der Waals surface area contributed by atoms with Crippen molar-refractivity contribution in [1.82, 2.24) is 10.6 Å². The molecule has 20 heavy (non-hydrogen) atoms. The van der Waals surface area contributed by atoms with Crippen LogP contribution in [0, 0.1) is 5.92 Å². The van der Waals surface area contributed by atoms with Gasteiger partial charge in [0.15, 0.2) is 0 Å². The van der Waals surface area contributed by atoms with Gasteiger partial charge in [0.05, 0.1) is 0 Å². The van der Waals surface area contributed by atoms with Crippen molar-refractivity contribution < 1.29 is 0 Å². The Balaban J connectivity index is 1.54. The van der Waals surface area contributed by atoms with E-state index in [4.69, 9.17) is 0 Å². The summed E-state index contributed by atoms with van der Waals surface area (Å²) < 4.78 is 0. The first-order chi connectivity index (χ1) is 9.93. The van der Waals surface area contributed by atoms with Gasteiger partial charge in [0.1, 0.15) is 0 Å². The molecule has 0 amide bonds. The van der Waals surface area contributed by atoms with Gasteiger partial charge in [-0.3, -0.25) is 0 Å². The van der Waals surface area contributed by atoms with Crippen LogP contribution in [-0.4, -0.2) is 24.7 Å². The molecule has 116 valence electrons. The summed E-state index contributed by atoms with van der Waals surface area (Å²) in [5.74, 6) is 0.914. The molecule has 3 unspecified atom stereocenters. The molecule has 2 aliphatic carbocycles. The minimum atomic E-state index is 0.809. The molecule has 0 aromatic carbocycles. The van der Waals surface area contributed by atoms with Gasteiger partial charge in [-0.25, -0.2) is 0 Å². The van der Waals surface area contributed by atoms with Crippen LogP contribution < -0.4 is 10.6 Å². The van der Waals surface area contributed by atoms with Gasteiger partial charge in [-0.15, -0.1) is 0 Å². The third kappa shape index (κ3) is 3.98. The first-order valence-corrected chi connectivity index (χ1v) is 9.43. The zero-order valence-corrected chi connectivity index (χ0v) is 13.2. The lowest BCUT2D eigenvalue weighted by atomic mass is 9.78. The lowest BCUT2D eigenvalue weighted by molar-refractivity contribution is 0.191. The SMILES string of the molecule is C1CCCC(NC2CCCCC2C2CCCN2)CCC1. The summed E-state index contributed by atoms with van der Waals surface area (Å²) in [6.07, 6.45) is 18.8. The van der Waals surface area contributed by atoms with Crippen LogP contribution in [0.2, 0.25) is 0 Å². The van der Waals surface area contributed by atoms with E-state index in [0.717, 1.165) is 24.0 Å². The van der Waals surface area contributed by atoms with E-state index in [1.165, 1.54) is 90.0 Å². The summed E-state index contributed by atoms with van der Waals surface area (Å²) in [5, 5.41) is 7.89. The predicted octanol–water partition coefficient (Wildman–Crippen LogP) is 4.00. The lowest BCUT2D eigenvalue weighted by Gasteiger charge is -2.39. The van der Waals surface area contributed by atoms with Gasteiger partial charge in [-0.05, 0) is 51.0 Å². The van der Waals surface area contributed by atoms with Gasteiger partial charge in [-0.2, -0.15) is 0 Å². The maximum atomic E-state index is 4.11. The Morgan fingerprint density at radius 1 is 0.650 bits per heavy atom. The van der Waals surface area contributed by atoms with Gasteiger partial charge in [-0.1, -0.05) is 44.9 Å². The quantitative estimate of drug-likeness (QED) is 0.815. The maximum absolute atomic E-state index is 4.11. The van der Waals surface area contributed by atoms with Crippen molar-refractivity contribution in [2.24, 2.45) is 5.92 Å². The lowest BCUT2D eigenvalue weighted by Crippen LogP contribution is -2.50. The fraction of sp³-hybridized carbons (Fsp3) is 1.00. The van der Waals surface area contributed by atoms with E-state index < -0.39 is 0 Å².